The van der Waals surface area contributed by atoms with E-state index in [0.717, 1.165) is 5.56 Å². The summed E-state index contributed by atoms with van der Waals surface area (Å²) in [6, 6.07) is 3.53. The van der Waals surface area contributed by atoms with Crippen molar-refractivity contribution in [3.05, 3.63) is 29.6 Å². The molecule has 0 aliphatic heterocycles. The maximum absolute atomic E-state index is 12.0. The first-order valence-corrected chi connectivity index (χ1v) is 5.51. The number of hydrogen-bond acceptors (Lipinski definition) is 4. The summed E-state index contributed by atoms with van der Waals surface area (Å²) in [6.07, 6.45) is 1.63. The molecule has 1 heterocycles. The summed E-state index contributed by atoms with van der Waals surface area (Å²) in [6.45, 7) is 2.86. The van der Waals surface area contributed by atoms with Gasteiger partial charge in [0.25, 0.3) is 5.91 Å². The molecule has 0 fully saturated rings. The average molecular weight is 237 g/mol. The van der Waals surface area contributed by atoms with Crippen LogP contribution in [0.5, 0.6) is 0 Å². The third-order valence-electron chi connectivity index (χ3n) is 2.67. The van der Waals surface area contributed by atoms with Crippen LogP contribution >= 0.6 is 0 Å². The summed E-state index contributed by atoms with van der Waals surface area (Å²) in [5.74, 6) is -0.113. The Morgan fingerprint density at radius 2 is 2.29 bits per heavy atom. The van der Waals surface area contributed by atoms with Crippen LogP contribution in [0.4, 0.5) is 0 Å². The lowest BCUT2D eigenvalue weighted by atomic mass is 10.2. The van der Waals surface area contributed by atoms with E-state index >= 15 is 0 Å². The number of rotatable bonds is 5. The van der Waals surface area contributed by atoms with Crippen molar-refractivity contribution in [2.24, 2.45) is 5.73 Å². The maximum atomic E-state index is 12.0. The van der Waals surface area contributed by atoms with E-state index in [0.29, 0.717) is 18.8 Å². The molecule has 5 nitrogen and oxygen atoms in total. The number of nitrogens with two attached hydrogens (primary N) is 1. The lowest BCUT2D eigenvalue weighted by molar-refractivity contribution is 0.0628. The second kappa shape index (κ2) is 6.32. The van der Waals surface area contributed by atoms with E-state index in [2.05, 4.69) is 4.98 Å². The first kappa shape index (κ1) is 13.6. The summed E-state index contributed by atoms with van der Waals surface area (Å²) < 4.78 is 5.02. The van der Waals surface area contributed by atoms with Crippen molar-refractivity contribution in [2.45, 2.75) is 19.5 Å². The Kier molecular flexibility index (Phi) is 5.06. The van der Waals surface area contributed by atoms with E-state index in [9.17, 15) is 4.79 Å². The number of nitrogens with zero attached hydrogens (tertiary/aromatic N) is 2. The minimum Gasteiger partial charge on any atom is -0.383 e. The van der Waals surface area contributed by atoms with Crippen LogP contribution in [0.25, 0.3) is 0 Å². The Morgan fingerprint density at radius 1 is 1.59 bits per heavy atom. The molecule has 1 unspecified atom stereocenters. The predicted molar refractivity (Wildman–Crippen MR) is 65.6 cm³/mol. The van der Waals surface area contributed by atoms with E-state index in [1.54, 1.807) is 31.3 Å². The molecule has 1 aromatic rings. The van der Waals surface area contributed by atoms with Crippen molar-refractivity contribution in [2.75, 3.05) is 20.8 Å². The molecule has 2 N–H and O–H groups in total. The zero-order valence-corrected chi connectivity index (χ0v) is 10.5. The highest BCUT2D eigenvalue weighted by Gasteiger charge is 2.18. The van der Waals surface area contributed by atoms with Gasteiger partial charge in [-0.15, -0.1) is 0 Å². The van der Waals surface area contributed by atoms with Crippen LogP contribution in [0, 0.1) is 0 Å². The number of aromatic nitrogens is 1. The molecule has 17 heavy (non-hydrogen) atoms. The monoisotopic (exact) mass is 237 g/mol. The molecule has 0 bridgehead atoms. The first-order chi connectivity index (χ1) is 8.10. The van der Waals surface area contributed by atoms with Gasteiger partial charge in [-0.05, 0) is 18.6 Å². The third-order valence-corrected chi connectivity index (χ3v) is 2.67. The number of likely N-dealkylation sites (N-methyl/N-ethyl adjacent to an activating group) is 1. The van der Waals surface area contributed by atoms with Gasteiger partial charge in [-0.25, -0.2) is 0 Å². The minimum atomic E-state index is -0.113. The van der Waals surface area contributed by atoms with E-state index in [4.69, 9.17) is 10.5 Å². The van der Waals surface area contributed by atoms with Crippen molar-refractivity contribution >= 4 is 5.91 Å². The summed E-state index contributed by atoms with van der Waals surface area (Å²) in [7, 11) is 3.35. The molecular weight excluding hydrogens is 218 g/mol. The van der Waals surface area contributed by atoms with Gasteiger partial charge >= 0.3 is 0 Å². The Bertz CT molecular complexity index is 365. The zero-order chi connectivity index (χ0) is 12.8. The molecule has 0 aliphatic carbocycles. The van der Waals surface area contributed by atoms with Gasteiger partial charge in [0.2, 0.25) is 0 Å². The van der Waals surface area contributed by atoms with Gasteiger partial charge in [0.1, 0.15) is 5.69 Å². The first-order valence-electron chi connectivity index (χ1n) is 5.51. The fraction of sp³-hybridized carbons (Fsp3) is 0.500. The Balaban J connectivity index is 2.74. The van der Waals surface area contributed by atoms with Crippen LogP contribution in [-0.4, -0.2) is 42.6 Å². The number of carbonyl (C=O) groups is 1. The summed E-state index contributed by atoms with van der Waals surface area (Å²) in [4.78, 5) is 17.8. The van der Waals surface area contributed by atoms with Crippen LogP contribution in [-0.2, 0) is 11.3 Å². The van der Waals surface area contributed by atoms with Gasteiger partial charge in [-0.3, -0.25) is 9.78 Å². The van der Waals surface area contributed by atoms with Crippen LogP contribution in [0.3, 0.4) is 0 Å². The molecule has 0 saturated carbocycles. The van der Waals surface area contributed by atoms with Crippen LogP contribution in [0.1, 0.15) is 23.0 Å². The summed E-state index contributed by atoms with van der Waals surface area (Å²) >= 11 is 0. The van der Waals surface area contributed by atoms with Crippen molar-refractivity contribution in [3.63, 3.8) is 0 Å². The quantitative estimate of drug-likeness (QED) is 0.816. The number of ether oxygens (including phenoxy) is 1. The van der Waals surface area contributed by atoms with E-state index < -0.39 is 0 Å². The fourth-order valence-electron chi connectivity index (χ4n) is 1.41. The van der Waals surface area contributed by atoms with Crippen LogP contribution in [0.15, 0.2) is 18.3 Å². The van der Waals surface area contributed by atoms with Crippen LogP contribution < -0.4 is 5.73 Å². The smallest absolute Gasteiger partial charge is 0.272 e. The summed E-state index contributed by atoms with van der Waals surface area (Å²) in [5.41, 5.74) is 6.81. The molecule has 1 amide bonds. The number of methoxy groups -OCH3 is 1. The standard InChI is InChI=1S/C12H19N3O2/c1-9(8-17-3)15(2)12(16)11-5-4-10(6-13)7-14-11/h4-5,7,9H,6,8,13H2,1-3H3. The van der Waals surface area contributed by atoms with Crippen LogP contribution in [0.2, 0.25) is 0 Å². The van der Waals surface area contributed by atoms with Crippen molar-refractivity contribution in [3.8, 4) is 0 Å². The maximum Gasteiger partial charge on any atom is 0.272 e. The number of pyridine rings is 1. The second-order valence-electron chi connectivity index (χ2n) is 3.98. The molecule has 1 aromatic heterocycles. The van der Waals surface area contributed by atoms with Gasteiger partial charge < -0.3 is 15.4 Å². The Labute approximate surface area is 102 Å². The van der Waals surface area contributed by atoms with Gasteiger partial charge in [0, 0.05) is 26.9 Å². The molecule has 1 atom stereocenters. The van der Waals surface area contributed by atoms with Gasteiger partial charge in [-0.1, -0.05) is 6.07 Å². The SMILES string of the molecule is COCC(C)N(C)C(=O)c1ccc(CN)cn1. The number of carbonyl (C=O) groups excluding carboxylic acids is 1. The average Bonchev–Trinajstić information content (AvgIpc) is 2.37. The molecule has 0 aliphatic rings. The largest absolute Gasteiger partial charge is 0.383 e. The van der Waals surface area contributed by atoms with Crippen molar-refractivity contribution in [1.29, 1.82) is 0 Å². The number of hydrogen-bond donors (Lipinski definition) is 1. The van der Waals surface area contributed by atoms with Gasteiger partial charge in [0.05, 0.1) is 12.6 Å². The minimum absolute atomic E-state index is 0.0171. The van der Waals surface area contributed by atoms with Crippen molar-refractivity contribution in [1.82, 2.24) is 9.88 Å². The topological polar surface area (TPSA) is 68.5 Å². The van der Waals surface area contributed by atoms with Gasteiger partial charge in [-0.2, -0.15) is 0 Å². The zero-order valence-electron chi connectivity index (χ0n) is 10.5. The Morgan fingerprint density at radius 3 is 2.76 bits per heavy atom. The molecule has 5 heteroatoms. The normalized spacial score (nSPS) is 12.2. The second-order valence-corrected chi connectivity index (χ2v) is 3.98. The van der Waals surface area contributed by atoms with Gasteiger partial charge in [0.15, 0.2) is 0 Å². The third kappa shape index (κ3) is 3.51. The molecule has 0 aromatic carbocycles. The molecule has 94 valence electrons. The highest BCUT2D eigenvalue weighted by Crippen LogP contribution is 2.06. The highest BCUT2D eigenvalue weighted by atomic mass is 16.5. The highest BCUT2D eigenvalue weighted by molar-refractivity contribution is 5.92. The fourth-order valence-corrected chi connectivity index (χ4v) is 1.41. The molecule has 0 radical (unpaired) electrons. The van der Waals surface area contributed by atoms with E-state index in [-0.39, 0.29) is 11.9 Å². The number of amides is 1. The van der Waals surface area contributed by atoms with Crippen molar-refractivity contribution < 1.29 is 9.53 Å². The lowest BCUT2D eigenvalue weighted by Gasteiger charge is -2.23. The molecule has 0 saturated heterocycles. The molecule has 1 rings (SSSR count). The summed E-state index contributed by atoms with van der Waals surface area (Å²) in [5, 5.41) is 0. The molecule has 0 spiro atoms. The predicted octanol–water partition coefficient (Wildman–Crippen LogP) is 0.647. The van der Waals surface area contributed by atoms with E-state index in [1.807, 2.05) is 13.0 Å². The van der Waals surface area contributed by atoms with E-state index in [1.165, 1.54) is 0 Å². The molecular formula is C12H19N3O2. The Hall–Kier alpha value is -1.46. The lowest BCUT2D eigenvalue weighted by Crippen LogP contribution is -2.38.